The Kier molecular flexibility index (Phi) is 9.10. The third-order valence-electron chi connectivity index (χ3n) is 4.48. The van der Waals surface area contributed by atoms with E-state index in [2.05, 4.69) is 22.2 Å². The van der Waals surface area contributed by atoms with E-state index in [-0.39, 0.29) is 36.4 Å². The Balaban J connectivity index is 1.67. The lowest BCUT2D eigenvalue weighted by Gasteiger charge is -2.12. The van der Waals surface area contributed by atoms with Crippen LogP contribution in [0.5, 0.6) is 0 Å². The smallest absolute Gasteiger partial charge is 0.414 e. The first-order chi connectivity index (χ1) is 14.8. The van der Waals surface area contributed by atoms with Crippen LogP contribution in [-0.2, 0) is 21.3 Å². The number of nitrogens with one attached hydrogen (secondary N) is 1. The highest BCUT2D eigenvalue weighted by atomic mass is 16.6. The first-order valence-corrected chi connectivity index (χ1v) is 10.3. The van der Waals surface area contributed by atoms with Crippen molar-refractivity contribution in [3.8, 4) is 0 Å². The minimum atomic E-state index is -0.963. The van der Waals surface area contributed by atoms with Crippen LogP contribution < -0.4 is 11.0 Å². The molecule has 0 aliphatic carbocycles. The largest absolute Gasteiger partial charge is 0.463 e. The molecule has 31 heavy (non-hydrogen) atoms. The van der Waals surface area contributed by atoms with Gasteiger partial charge in [-0.1, -0.05) is 25.0 Å². The topological polar surface area (TPSA) is 147 Å². The lowest BCUT2D eigenvalue weighted by Crippen LogP contribution is -2.32. The van der Waals surface area contributed by atoms with Gasteiger partial charge in [-0.3, -0.25) is 14.9 Å². The molecule has 0 aliphatic rings. The molecule has 0 fully saturated rings. The summed E-state index contributed by atoms with van der Waals surface area (Å²) in [5, 5.41) is 9.33. The van der Waals surface area contributed by atoms with E-state index in [9.17, 15) is 19.2 Å². The summed E-state index contributed by atoms with van der Waals surface area (Å²) in [5.41, 5.74) is -0.832. The van der Waals surface area contributed by atoms with E-state index >= 15 is 0 Å². The van der Waals surface area contributed by atoms with Crippen LogP contribution in [0.1, 0.15) is 69.3 Å². The van der Waals surface area contributed by atoms with E-state index in [0.29, 0.717) is 12.8 Å². The number of rotatable bonds is 11. The SMILES string of the molecule is CCCCCC(C)OC(=O)CCCCOC(=O)NC(=O)c1ncn2c(=O)n(C)nnc12. The van der Waals surface area contributed by atoms with Crippen molar-refractivity contribution in [2.75, 3.05) is 6.61 Å². The maximum atomic E-state index is 12.2. The van der Waals surface area contributed by atoms with Crippen LogP contribution in [0.2, 0.25) is 0 Å². The van der Waals surface area contributed by atoms with E-state index in [0.717, 1.165) is 41.1 Å². The van der Waals surface area contributed by atoms with Gasteiger partial charge in [-0.2, -0.15) is 4.68 Å². The molecule has 1 N–H and O–H groups in total. The Hall–Kier alpha value is -3.31. The van der Waals surface area contributed by atoms with Gasteiger partial charge in [0.15, 0.2) is 11.3 Å². The second-order valence-electron chi connectivity index (χ2n) is 7.13. The van der Waals surface area contributed by atoms with Crippen molar-refractivity contribution < 1.29 is 23.9 Å². The highest BCUT2D eigenvalue weighted by molar-refractivity contribution is 6.05. The van der Waals surface area contributed by atoms with Crippen molar-refractivity contribution in [2.45, 2.75) is 64.9 Å². The third kappa shape index (κ3) is 7.15. The molecule has 2 amide bonds. The Morgan fingerprint density at radius 1 is 1.19 bits per heavy atom. The van der Waals surface area contributed by atoms with Gasteiger partial charge in [0.25, 0.3) is 5.91 Å². The molecule has 0 saturated heterocycles. The molecule has 12 nitrogen and oxygen atoms in total. The predicted molar refractivity (Wildman–Crippen MR) is 108 cm³/mol. The van der Waals surface area contributed by atoms with Crippen LogP contribution >= 0.6 is 0 Å². The van der Waals surface area contributed by atoms with E-state index < -0.39 is 17.7 Å². The molecule has 2 aromatic rings. The molecule has 1 atom stereocenters. The highest BCUT2D eigenvalue weighted by Gasteiger charge is 2.20. The molecule has 1 unspecified atom stereocenters. The number of hydrogen-bond acceptors (Lipinski definition) is 9. The average molecular weight is 436 g/mol. The summed E-state index contributed by atoms with van der Waals surface area (Å²) in [7, 11) is 1.40. The van der Waals surface area contributed by atoms with Gasteiger partial charge in [0, 0.05) is 13.5 Å². The number of aromatic nitrogens is 5. The first kappa shape index (κ1) is 24.0. The molecule has 2 heterocycles. The molecule has 2 aromatic heterocycles. The number of unbranched alkanes of at least 4 members (excludes halogenated alkanes) is 3. The van der Waals surface area contributed by atoms with Crippen LogP contribution in [0.15, 0.2) is 11.1 Å². The van der Waals surface area contributed by atoms with E-state index in [1.54, 1.807) is 0 Å². The minimum absolute atomic E-state index is 0.0305. The molecule has 0 aromatic carbocycles. The zero-order chi connectivity index (χ0) is 22.8. The Morgan fingerprint density at radius 3 is 2.71 bits per heavy atom. The summed E-state index contributed by atoms with van der Waals surface area (Å²) in [6.45, 7) is 4.03. The molecular weight excluding hydrogens is 408 g/mol. The first-order valence-electron chi connectivity index (χ1n) is 10.3. The standard InChI is InChI=1S/C19H28N6O6/c1-4-5-6-9-13(2)31-14(26)10-7-8-11-30-18(28)21-17(27)15-16-22-23-24(3)19(29)25(16)12-20-15/h12-13H,4-11H2,1-3H3,(H,21,27,28). The zero-order valence-corrected chi connectivity index (χ0v) is 18.0. The highest BCUT2D eigenvalue weighted by Crippen LogP contribution is 2.08. The molecule has 0 bridgehead atoms. The van der Waals surface area contributed by atoms with Crippen LogP contribution in [0.4, 0.5) is 4.79 Å². The van der Waals surface area contributed by atoms with Crippen molar-refractivity contribution in [3.05, 3.63) is 22.5 Å². The van der Waals surface area contributed by atoms with E-state index in [1.165, 1.54) is 7.05 Å². The Bertz CT molecular complexity index is 968. The third-order valence-corrected chi connectivity index (χ3v) is 4.48. The fraction of sp³-hybridized carbons (Fsp3) is 0.632. The van der Waals surface area contributed by atoms with Gasteiger partial charge >= 0.3 is 17.8 Å². The molecule has 170 valence electrons. The number of carbonyl (C=O) groups is 3. The molecule has 12 heteroatoms. The summed E-state index contributed by atoms with van der Waals surface area (Å²) in [6.07, 6.45) is 5.34. The summed E-state index contributed by atoms with van der Waals surface area (Å²) < 4.78 is 12.3. The van der Waals surface area contributed by atoms with Crippen LogP contribution in [0.3, 0.4) is 0 Å². The summed E-state index contributed by atoms with van der Waals surface area (Å²) >= 11 is 0. The number of nitrogens with zero attached hydrogens (tertiary/aromatic N) is 5. The lowest BCUT2D eigenvalue weighted by atomic mass is 10.1. The minimum Gasteiger partial charge on any atom is -0.463 e. The molecule has 0 saturated carbocycles. The summed E-state index contributed by atoms with van der Waals surface area (Å²) in [5.74, 6) is -1.14. The van der Waals surface area contributed by atoms with Crippen molar-refractivity contribution in [1.29, 1.82) is 0 Å². The number of carbonyl (C=O) groups excluding carboxylic acids is 3. The number of fused-ring (bicyclic) bond motifs is 1. The van der Waals surface area contributed by atoms with E-state index in [1.807, 2.05) is 12.2 Å². The van der Waals surface area contributed by atoms with Crippen molar-refractivity contribution in [1.82, 2.24) is 29.7 Å². The second-order valence-corrected chi connectivity index (χ2v) is 7.13. The molecule has 0 aliphatic heterocycles. The monoisotopic (exact) mass is 436 g/mol. The molecule has 0 radical (unpaired) electrons. The maximum absolute atomic E-state index is 12.2. The fourth-order valence-electron chi connectivity index (χ4n) is 2.79. The van der Waals surface area contributed by atoms with Crippen LogP contribution in [-0.4, -0.2) is 55.1 Å². The quantitative estimate of drug-likeness (QED) is 0.407. The number of ether oxygens (including phenoxy) is 2. The molecule has 0 spiro atoms. The number of esters is 1. The van der Waals surface area contributed by atoms with Crippen molar-refractivity contribution in [3.63, 3.8) is 0 Å². The van der Waals surface area contributed by atoms with Crippen molar-refractivity contribution in [2.24, 2.45) is 7.05 Å². The maximum Gasteiger partial charge on any atom is 0.414 e. The second kappa shape index (κ2) is 11.8. The Labute approximate surface area is 178 Å². The van der Waals surface area contributed by atoms with Gasteiger partial charge in [-0.25, -0.2) is 19.0 Å². The Morgan fingerprint density at radius 2 is 1.97 bits per heavy atom. The van der Waals surface area contributed by atoms with Gasteiger partial charge in [-0.05, 0) is 32.6 Å². The van der Waals surface area contributed by atoms with Gasteiger partial charge in [0.05, 0.1) is 12.7 Å². The number of hydrogen-bond donors (Lipinski definition) is 1. The van der Waals surface area contributed by atoms with Gasteiger partial charge in [0.1, 0.15) is 6.33 Å². The normalized spacial score (nSPS) is 11.8. The summed E-state index contributed by atoms with van der Waals surface area (Å²) in [6, 6.07) is 0. The van der Waals surface area contributed by atoms with Crippen LogP contribution in [0, 0.1) is 0 Å². The van der Waals surface area contributed by atoms with Crippen LogP contribution in [0.25, 0.3) is 5.65 Å². The number of imidazole rings is 1. The van der Waals surface area contributed by atoms with Gasteiger partial charge in [0.2, 0.25) is 0 Å². The number of alkyl carbamates (subject to hydrolysis) is 1. The average Bonchev–Trinajstić information content (AvgIpc) is 3.15. The van der Waals surface area contributed by atoms with Crippen molar-refractivity contribution >= 4 is 23.6 Å². The fourth-order valence-corrected chi connectivity index (χ4v) is 2.79. The van der Waals surface area contributed by atoms with Gasteiger partial charge in [-0.15, -0.1) is 5.10 Å². The number of aryl methyl sites for hydroxylation is 1. The number of amides is 2. The lowest BCUT2D eigenvalue weighted by molar-refractivity contribution is -0.148. The zero-order valence-electron chi connectivity index (χ0n) is 18.0. The van der Waals surface area contributed by atoms with Gasteiger partial charge < -0.3 is 9.47 Å². The molecule has 2 rings (SSSR count). The van der Waals surface area contributed by atoms with E-state index in [4.69, 9.17) is 9.47 Å². The molecular formula is C19H28N6O6. The predicted octanol–water partition coefficient (Wildman–Crippen LogP) is 1.37. The number of imide groups is 1. The summed E-state index contributed by atoms with van der Waals surface area (Å²) in [4.78, 5) is 51.4.